The number of aryl methyl sites for hydroxylation is 1. The third-order valence-corrected chi connectivity index (χ3v) is 2.40. The van der Waals surface area contributed by atoms with Crippen molar-refractivity contribution in [2.24, 2.45) is 0 Å². The highest BCUT2D eigenvalue weighted by Crippen LogP contribution is 2.16. The Labute approximate surface area is 84.8 Å². The standard InChI is InChI=1S/C11H9F2NO/c1-7-3-2-4-9-8(7)5-6-14(10(9)15)11(12)13/h2-6,11H,1H3. The molecular formula is C11H9F2NO. The molecule has 15 heavy (non-hydrogen) atoms. The Hall–Kier alpha value is -1.71. The summed E-state index contributed by atoms with van der Waals surface area (Å²) < 4.78 is 25.3. The minimum Gasteiger partial charge on any atom is -0.269 e. The lowest BCUT2D eigenvalue weighted by molar-refractivity contribution is 0.0669. The number of halogens is 2. The van der Waals surface area contributed by atoms with Crippen LogP contribution in [0.25, 0.3) is 10.8 Å². The number of hydrogen-bond donors (Lipinski definition) is 0. The Balaban J connectivity index is 2.86. The number of nitrogens with zero attached hydrogens (tertiary/aromatic N) is 1. The number of rotatable bonds is 1. The van der Waals surface area contributed by atoms with Gasteiger partial charge in [0.1, 0.15) is 0 Å². The lowest BCUT2D eigenvalue weighted by atomic mass is 10.1. The summed E-state index contributed by atoms with van der Waals surface area (Å²) in [7, 11) is 0. The molecule has 0 spiro atoms. The average Bonchev–Trinajstić information content (AvgIpc) is 2.19. The maximum atomic E-state index is 12.4. The molecule has 4 heteroatoms. The fourth-order valence-corrected chi connectivity index (χ4v) is 1.60. The molecule has 0 radical (unpaired) electrons. The molecule has 1 heterocycles. The summed E-state index contributed by atoms with van der Waals surface area (Å²) in [4.78, 5) is 11.6. The molecule has 0 aliphatic carbocycles. The molecule has 0 aliphatic rings. The van der Waals surface area contributed by atoms with E-state index >= 15 is 0 Å². The van der Waals surface area contributed by atoms with Crippen LogP contribution in [0.1, 0.15) is 12.1 Å². The molecule has 0 amide bonds. The molecule has 1 aromatic carbocycles. The molecule has 1 aromatic heterocycles. The summed E-state index contributed by atoms with van der Waals surface area (Å²) in [6.07, 6.45) is 1.13. The second-order valence-electron chi connectivity index (χ2n) is 3.34. The lowest BCUT2D eigenvalue weighted by Crippen LogP contribution is -2.20. The minimum atomic E-state index is -2.79. The fraction of sp³-hybridized carbons (Fsp3) is 0.182. The van der Waals surface area contributed by atoms with Crippen LogP contribution in [0, 0.1) is 6.92 Å². The van der Waals surface area contributed by atoms with Crippen LogP contribution in [-0.4, -0.2) is 4.57 Å². The third kappa shape index (κ3) is 1.52. The summed E-state index contributed by atoms with van der Waals surface area (Å²) >= 11 is 0. The monoisotopic (exact) mass is 209 g/mol. The Morgan fingerprint density at radius 2 is 1.93 bits per heavy atom. The highest BCUT2D eigenvalue weighted by Gasteiger charge is 2.10. The van der Waals surface area contributed by atoms with Crippen LogP contribution in [0.3, 0.4) is 0 Å². The van der Waals surface area contributed by atoms with E-state index in [1.165, 1.54) is 6.07 Å². The van der Waals surface area contributed by atoms with Gasteiger partial charge in [-0.1, -0.05) is 12.1 Å². The third-order valence-electron chi connectivity index (χ3n) is 2.40. The van der Waals surface area contributed by atoms with Gasteiger partial charge in [0.2, 0.25) is 0 Å². The van der Waals surface area contributed by atoms with Gasteiger partial charge < -0.3 is 0 Å². The molecule has 0 saturated heterocycles. The van der Waals surface area contributed by atoms with Gasteiger partial charge in [-0.2, -0.15) is 8.78 Å². The Morgan fingerprint density at radius 3 is 2.60 bits per heavy atom. The van der Waals surface area contributed by atoms with Gasteiger partial charge in [-0.05, 0) is 30.0 Å². The molecule has 0 saturated carbocycles. The first kappa shape index (κ1) is 9.83. The van der Waals surface area contributed by atoms with Gasteiger partial charge in [0.15, 0.2) is 0 Å². The SMILES string of the molecule is Cc1cccc2c(=O)n(C(F)F)ccc12. The zero-order valence-corrected chi connectivity index (χ0v) is 8.08. The maximum absolute atomic E-state index is 12.4. The van der Waals surface area contributed by atoms with Crippen molar-refractivity contribution in [1.82, 2.24) is 4.57 Å². The van der Waals surface area contributed by atoms with E-state index in [2.05, 4.69) is 0 Å². The Bertz CT molecular complexity index is 560. The maximum Gasteiger partial charge on any atom is 0.321 e. The molecule has 0 atom stereocenters. The molecule has 0 N–H and O–H groups in total. The second-order valence-corrected chi connectivity index (χ2v) is 3.34. The molecule has 2 nitrogen and oxygen atoms in total. The van der Waals surface area contributed by atoms with E-state index in [1.807, 2.05) is 13.0 Å². The largest absolute Gasteiger partial charge is 0.321 e. The van der Waals surface area contributed by atoms with Crippen LogP contribution in [0.15, 0.2) is 35.3 Å². The Morgan fingerprint density at radius 1 is 1.20 bits per heavy atom. The predicted octanol–water partition coefficient (Wildman–Crippen LogP) is 2.71. The topological polar surface area (TPSA) is 22.0 Å². The lowest BCUT2D eigenvalue weighted by Gasteiger charge is -2.06. The van der Waals surface area contributed by atoms with Gasteiger partial charge in [0, 0.05) is 11.6 Å². The molecular weight excluding hydrogens is 200 g/mol. The van der Waals surface area contributed by atoms with Gasteiger partial charge in [0.05, 0.1) is 0 Å². The molecule has 0 unspecified atom stereocenters. The average molecular weight is 209 g/mol. The van der Waals surface area contributed by atoms with E-state index in [-0.39, 0.29) is 0 Å². The van der Waals surface area contributed by atoms with Gasteiger partial charge in [0.25, 0.3) is 5.56 Å². The molecule has 2 rings (SSSR count). The smallest absolute Gasteiger partial charge is 0.269 e. The summed E-state index contributed by atoms with van der Waals surface area (Å²) in [5.41, 5.74) is 0.261. The Kier molecular flexibility index (Phi) is 2.26. The molecule has 78 valence electrons. The van der Waals surface area contributed by atoms with E-state index in [9.17, 15) is 13.6 Å². The molecule has 0 bridgehead atoms. The van der Waals surface area contributed by atoms with Crippen LogP contribution >= 0.6 is 0 Å². The van der Waals surface area contributed by atoms with Crippen molar-refractivity contribution in [1.29, 1.82) is 0 Å². The first-order chi connectivity index (χ1) is 7.11. The number of pyridine rings is 1. The molecule has 2 aromatic rings. The van der Waals surface area contributed by atoms with Crippen LogP contribution in [0.5, 0.6) is 0 Å². The minimum absolute atomic E-state index is 0.331. The first-order valence-corrected chi connectivity index (χ1v) is 4.50. The van der Waals surface area contributed by atoms with Gasteiger partial charge in [-0.3, -0.25) is 9.36 Å². The van der Waals surface area contributed by atoms with Crippen LogP contribution in [0.2, 0.25) is 0 Å². The zero-order chi connectivity index (χ0) is 11.0. The van der Waals surface area contributed by atoms with Crippen molar-refractivity contribution in [3.05, 3.63) is 46.4 Å². The fourth-order valence-electron chi connectivity index (χ4n) is 1.60. The second kappa shape index (κ2) is 3.46. The first-order valence-electron chi connectivity index (χ1n) is 4.50. The van der Waals surface area contributed by atoms with E-state index in [4.69, 9.17) is 0 Å². The van der Waals surface area contributed by atoms with Gasteiger partial charge in [-0.15, -0.1) is 0 Å². The summed E-state index contributed by atoms with van der Waals surface area (Å²) in [5.74, 6) is 0. The van der Waals surface area contributed by atoms with Crippen LogP contribution < -0.4 is 5.56 Å². The van der Waals surface area contributed by atoms with Crippen LogP contribution in [-0.2, 0) is 0 Å². The van der Waals surface area contributed by atoms with Crippen molar-refractivity contribution < 1.29 is 8.78 Å². The number of aromatic nitrogens is 1. The van der Waals surface area contributed by atoms with E-state index in [0.29, 0.717) is 9.95 Å². The normalized spacial score (nSPS) is 11.2. The van der Waals surface area contributed by atoms with Gasteiger partial charge >= 0.3 is 6.55 Å². The highest BCUT2D eigenvalue weighted by atomic mass is 19.3. The highest BCUT2D eigenvalue weighted by molar-refractivity contribution is 5.84. The van der Waals surface area contributed by atoms with E-state index in [0.717, 1.165) is 17.1 Å². The van der Waals surface area contributed by atoms with Crippen molar-refractivity contribution >= 4 is 10.8 Å². The summed E-state index contributed by atoms with van der Waals surface area (Å²) in [5, 5.41) is 1.05. The van der Waals surface area contributed by atoms with Crippen molar-refractivity contribution in [3.8, 4) is 0 Å². The zero-order valence-electron chi connectivity index (χ0n) is 8.08. The van der Waals surface area contributed by atoms with Crippen molar-refractivity contribution in [3.63, 3.8) is 0 Å². The number of alkyl halides is 2. The van der Waals surface area contributed by atoms with E-state index in [1.54, 1.807) is 12.1 Å². The number of hydrogen-bond acceptors (Lipinski definition) is 1. The van der Waals surface area contributed by atoms with Gasteiger partial charge in [-0.25, -0.2) is 0 Å². The van der Waals surface area contributed by atoms with E-state index < -0.39 is 12.1 Å². The van der Waals surface area contributed by atoms with Crippen molar-refractivity contribution in [2.75, 3.05) is 0 Å². The quantitative estimate of drug-likeness (QED) is 0.707. The number of fused-ring (bicyclic) bond motifs is 1. The molecule has 0 aliphatic heterocycles. The summed E-state index contributed by atoms with van der Waals surface area (Å²) in [6.45, 7) is -0.948. The predicted molar refractivity (Wildman–Crippen MR) is 54.2 cm³/mol. The number of benzene rings is 1. The summed E-state index contributed by atoms with van der Waals surface area (Å²) in [6, 6.07) is 6.63. The molecule has 0 fully saturated rings. The van der Waals surface area contributed by atoms with Crippen LogP contribution in [0.4, 0.5) is 8.78 Å². The van der Waals surface area contributed by atoms with Crippen molar-refractivity contribution in [2.45, 2.75) is 13.5 Å².